The minimum Gasteiger partial charge on any atom is -0.462 e. The topological polar surface area (TPSA) is 92.3 Å². The SMILES string of the molecule is CC(C)(C)OCCOC(=O)Cn1cnc(N)n1. The minimum absolute atomic E-state index is 0.000280. The number of ether oxygens (including phenoxy) is 2. The molecule has 0 radical (unpaired) electrons. The van der Waals surface area contributed by atoms with Gasteiger partial charge in [0.2, 0.25) is 5.95 Å². The van der Waals surface area contributed by atoms with Gasteiger partial charge in [0, 0.05) is 0 Å². The highest BCUT2D eigenvalue weighted by atomic mass is 16.6. The second-order valence-corrected chi connectivity index (χ2v) is 4.48. The van der Waals surface area contributed by atoms with E-state index < -0.39 is 5.97 Å². The number of hydrogen-bond acceptors (Lipinski definition) is 6. The van der Waals surface area contributed by atoms with Gasteiger partial charge in [-0.15, -0.1) is 5.10 Å². The molecule has 0 fully saturated rings. The van der Waals surface area contributed by atoms with Crippen molar-refractivity contribution < 1.29 is 14.3 Å². The van der Waals surface area contributed by atoms with Crippen LogP contribution in [0.15, 0.2) is 6.33 Å². The number of esters is 1. The number of anilines is 1. The average molecular weight is 242 g/mol. The van der Waals surface area contributed by atoms with E-state index in [0.29, 0.717) is 6.61 Å². The Balaban J connectivity index is 2.18. The maximum atomic E-state index is 11.3. The Labute approximate surface area is 99.9 Å². The summed E-state index contributed by atoms with van der Waals surface area (Å²) < 4.78 is 11.7. The van der Waals surface area contributed by atoms with Gasteiger partial charge in [-0.05, 0) is 20.8 Å². The summed E-state index contributed by atoms with van der Waals surface area (Å²) in [6.45, 7) is 6.40. The van der Waals surface area contributed by atoms with E-state index in [9.17, 15) is 4.79 Å². The molecule has 7 heteroatoms. The number of carbonyl (C=O) groups is 1. The molecule has 0 spiro atoms. The van der Waals surface area contributed by atoms with Crippen molar-refractivity contribution in [3.63, 3.8) is 0 Å². The van der Waals surface area contributed by atoms with Crippen molar-refractivity contribution in [1.82, 2.24) is 14.8 Å². The van der Waals surface area contributed by atoms with E-state index in [-0.39, 0.29) is 24.7 Å². The number of nitrogens with zero attached hydrogens (tertiary/aromatic N) is 3. The summed E-state index contributed by atoms with van der Waals surface area (Å²) in [6.07, 6.45) is 1.38. The summed E-state index contributed by atoms with van der Waals surface area (Å²) >= 11 is 0. The molecule has 2 N–H and O–H groups in total. The van der Waals surface area contributed by atoms with E-state index in [1.54, 1.807) is 0 Å². The Morgan fingerprint density at radius 3 is 2.71 bits per heavy atom. The van der Waals surface area contributed by atoms with Crippen molar-refractivity contribution in [3.05, 3.63) is 6.33 Å². The zero-order chi connectivity index (χ0) is 12.9. The first kappa shape index (κ1) is 13.4. The normalized spacial score (nSPS) is 11.5. The average Bonchev–Trinajstić information content (AvgIpc) is 2.57. The zero-order valence-electron chi connectivity index (χ0n) is 10.3. The summed E-state index contributed by atoms with van der Waals surface area (Å²) in [4.78, 5) is 15.0. The number of aromatic nitrogens is 3. The molecule has 1 aromatic heterocycles. The van der Waals surface area contributed by atoms with Crippen molar-refractivity contribution in [2.75, 3.05) is 18.9 Å². The fourth-order valence-corrected chi connectivity index (χ4v) is 1.07. The molecule has 0 unspecified atom stereocenters. The predicted molar refractivity (Wildman–Crippen MR) is 61.1 cm³/mol. The fraction of sp³-hybridized carbons (Fsp3) is 0.700. The number of rotatable bonds is 5. The highest BCUT2D eigenvalue weighted by molar-refractivity contribution is 5.68. The molecule has 1 aromatic rings. The first-order valence-corrected chi connectivity index (χ1v) is 5.31. The van der Waals surface area contributed by atoms with Crippen LogP contribution < -0.4 is 5.73 Å². The van der Waals surface area contributed by atoms with Crippen LogP contribution in [0.5, 0.6) is 0 Å². The third-order valence-electron chi connectivity index (χ3n) is 1.73. The van der Waals surface area contributed by atoms with Crippen LogP contribution in [0.2, 0.25) is 0 Å². The summed E-state index contributed by atoms with van der Waals surface area (Å²) in [7, 11) is 0. The molecule has 0 saturated carbocycles. The standard InChI is InChI=1S/C10H18N4O3/c1-10(2,3)17-5-4-16-8(15)6-14-7-12-9(11)13-14/h7H,4-6H2,1-3H3,(H2,11,13). The van der Waals surface area contributed by atoms with Gasteiger partial charge in [0.15, 0.2) is 0 Å². The van der Waals surface area contributed by atoms with Gasteiger partial charge in [-0.1, -0.05) is 0 Å². The van der Waals surface area contributed by atoms with Crippen LogP contribution in [0.3, 0.4) is 0 Å². The molecular formula is C10H18N4O3. The lowest BCUT2D eigenvalue weighted by atomic mass is 10.2. The Bertz CT molecular complexity index is 370. The molecule has 0 atom stereocenters. The molecule has 17 heavy (non-hydrogen) atoms. The van der Waals surface area contributed by atoms with Crippen LogP contribution in [0.25, 0.3) is 0 Å². The van der Waals surface area contributed by atoms with Crippen LogP contribution in [0.4, 0.5) is 5.95 Å². The maximum absolute atomic E-state index is 11.3. The Hall–Kier alpha value is -1.63. The van der Waals surface area contributed by atoms with Crippen LogP contribution in [0.1, 0.15) is 20.8 Å². The lowest BCUT2D eigenvalue weighted by Gasteiger charge is -2.19. The fourth-order valence-electron chi connectivity index (χ4n) is 1.07. The molecule has 1 rings (SSSR count). The van der Waals surface area contributed by atoms with E-state index in [0.717, 1.165) is 0 Å². The zero-order valence-corrected chi connectivity index (χ0v) is 10.3. The molecule has 0 bridgehead atoms. The molecule has 0 aliphatic heterocycles. The first-order valence-electron chi connectivity index (χ1n) is 5.31. The molecule has 1 heterocycles. The summed E-state index contributed by atoms with van der Waals surface area (Å²) in [5, 5.41) is 3.77. The number of nitrogens with two attached hydrogens (primary N) is 1. The van der Waals surface area contributed by atoms with Crippen molar-refractivity contribution in [2.45, 2.75) is 32.9 Å². The van der Waals surface area contributed by atoms with E-state index >= 15 is 0 Å². The van der Waals surface area contributed by atoms with Gasteiger partial charge in [-0.25, -0.2) is 9.67 Å². The van der Waals surface area contributed by atoms with Crippen molar-refractivity contribution in [3.8, 4) is 0 Å². The van der Waals surface area contributed by atoms with E-state index in [1.807, 2.05) is 20.8 Å². The highest BCUT2D eigenvalue weighted by Gasteiger charge is 2.10. The summed E-state index contributed by atoms with van der Waals surface area (Å²) in [6, 6.07) is 0. The molecule has 0 saturated heterocycles. The van der Waals surface area contributed by atoms with Gasteiger partial charge in [0.1, 0.15) is 19.5 Å². The molecule has 7 nitrogen and oxygen atoms in total. The molecule has 96 valence electrons. The van der Waals surface area contributed by atoms with Crippen LogP contribution in [-0.2, 0) is 20.8 Å². The van der Waals surface area contributed by atoms with Gasteiger partial charge in [0.25, 0.3) is 0 Å². The van der Waals surface area contributed by atoms with Crippen LogP contribution in [-0.4, -0.2) is 39.5 Å². The third kappa shape index (κ3) is 5.86. The Morgan fingerprint density at radius 1 is 1.47 bits per heavy atom. The number of nitrogen functional groups attached to an aromatic ring is 1. The maximum Gasteiger partial charge on any atom is 0.327 e. The molecular weight excluding hydrogens is 224 g/mol. The second-order valence-electron chi connectivity index (χ2n) is 4.48. The monoisotopic (exact) mass is 242 g/mol. The molecule has 0 aromatic carbocycles. The lowest BCUT2D eigenvalue weighted by molar-refractivity contribution is -0.147. The van der Waals surface area contributed by atoms with Gasteiger partial charge in [-0.2, -0.15) is 0 Å². The van der Waals surface area contributed by atoms with E-state index in [2.05, 4.69) is 10.1 Å². The first-order chi connectivity index (χ1) is 7.87. The highest BCUT2D eigenvalue weighted by Crippen LogP contribution is 2.05. The Kier molecular flexibility index (Phi) is 4.45. The van der Waals surface area contributed by atoms with Crippen LogP contribution >= 0.6 is 0 Å². The Morgan fingerprint density at radius 2 is 2.18 bits per heavy atom. The molecule has 0 aliphatic carbocycles. The van der Waals surface area contributed by atoms with Gasteiger partial charge >= 0.3 is 5.97 Å². The van der Waals surface area contributed by atoms with Crippen molar-refractivity contribution in [2.24, 2.45) is 0 Å². The van der Waals surface area contributed by atoms with E-state index in [4.69, 9.17) is 15.2 Å². The predicted octanol–water partition coefficient (Wildman–Crippen LogP) is 0.219. The minimum atomic E-state index is -0.396. The van der Waals surface area contributed by atoms with Crippen molar-refractivity contribution in [1.29, 1.82) is 0 Å². The third-order valence-corrected chi connectivity index (χ3v) is 1.73. The van der Waals surface area contributed by atoms with Gasteiger partial charge in [0.05, 0.1) is 12.2 Å². The summed E-state index contributed by atoms with van der Waals surface area (Å²) in [5.74, 6) is -0.263. The van der Waals surface area contributed by atoms with Gasteiger partial charge < -0.3 is 15.2 Å². The second kappa shape index (κ2) is 5.62. The summed E-state index contributed by atoms with van der Waals surface area (Å²) in [5.41, 5.74) is 5.08. The largest absolute Gasteiger partial charge is 0.462 e. The number of hydrogen-bond donors (Lipinski definition) is 1. The van der Waals surface area contributed by atoms with Gasteiger partial charge in [-0.3, -0.25) is 4.79 Å². The quantitative estimate of drug-likeness (QED) is 0.586. The van der Waals surface area contributed by atoms with E-state index in [1.165, 1.54) is 11.0 Å². The smallest absolute Gasteiger partial charge is 0.327 e. The molecule has 0 aliphatic rings. The van der Waals surface area contributed by atoms with Crippen LogP contribution in [0, 0.1) is 0 Å². The number of carbonyl (C=O) groups excluding carboxylic acids is 1. The lowest BCUT2D eigenvalue weighted by Crippen LogP contribution is -2.23. The van der Waals surface area contributed by atoms with Crippen molar-refractivity contribution >= 4 is 11.9 Å². The molecule has 0 amide bonds.